The van der Waals surface area contributed by atoms with E-state index in [4.69, 9.17) is 0 Å². The van der Waals surface area contributed by atoms with Crippen molar-refractivity contribution in [3.8, 4) is 10.6 Å². The Morgan fingerprint density at radius 1 is 1.40 bits per heavy atom. The molecule has 25 heavy (non-hydrogen) atoms. The summed E-state index contributed by atoms with van der Waals surface area (Å²) in [7, 11) is -3.67. The fourth-order valence-corrected chi connectivity index (χ4v) is 5.80. The minimum absolute atomic E-state index is 0.00396. The number of nitrogens with zero attached hydrogens (tertiary/aromatic N) is 2. The summed E-state index contributed by atoms with van der Waals surface area (Å²) in [6.07, 6.45) is 1.08. The number of thiophene rings is 1. The zero-order valence-corrected chi connectivity index (χ0v) is 16.1. The van der Waals surface area contributed by atoms with Crippen molar-refractivity contribution in [3.63, 3.8) is 0 Å². The van der Waals surface area contributed by atoms with Gasteiger partial charge >= 0.3 is 0 Å². The number of likely N-dealkylation sites (tertiary alicyclic amines) is 1. The van der Waals surface area contributed by atoms with Gasteiger partial charge in [0.25, 0.3) is 0 Å². The van der Waals surface area contributed by atoms with E-state index >= 15 is 0 Å². The Labute approximate surface area is 151 Å². The number of nitrogens with one attached hydrogen (secondary N) is 2. The molecule has 1 aliphatic heterocycles. The second-order valence-electron chi connectivity index (χ2n) is 6.33. The lowest BCUT2D eigenvalue weighted by Crippen LogP contribution is -2.37. The summed E-state index contributed by atoms with van der Waals surface area (Å²) in [4.78, 5) is 15.4. The van der Waals surface area contributed by atoms with Crippen LogP contribution in [0.1, 0.15) is 30.3 Å². The molecule has 1 saturated heterocycles. The van der Waals surface area contributed by atoms with Crippen LogP contribution in [0.5, 0.6) is 0 Å². The molecule has 9 heteroatoms. The first-order chi connectivity index (χ1) is 11.8. The smallest absolute Gasteiger partial charge is 0.242 e. The van der Waals surface area contributed by atoms with Crippen LogP contribution in [0, 0.1) is 13.8 Å². The van der Waals surface area contributed by atoms with Gasteiger partial charge in [0, 0.05) is 36.1 Å². The van der Waals surface area contributed by atoms with Crippen LogP contribution in [-0.2, 0) is 14.8 Å². The Hall–Kier alpha value is -1.71. The van der Waals surface area contributed by atoms with Crippen molar-refractivity contribution in [2.75, 3.05) is 13.1 Å². The standard InChI is InChI=1S/C16H22N4O3S2/c1-4-5-20-9-12(7-16(20)21)19-25(22,23)15-8-14(24-11(15)3)13-6-10(2)17-18-13/h6,8,12,19H,4-5,7,9H2,1-3H3,(H,17,18)/t12-/m0/s1. The number of aromatic nitrogens is 2. The molecule has 1 amide bonds. The summed E-state index contributed by atoms with van der Waals surface area (Å²) in [5, 5.41) is 7.05. The molecule has 3 rings (SSSR count). The maximum absolute atomic E-state index is 12.8. The van der Waals surface area contributed by atoms with Crippen LogP contribution in [0.15, 0.2) is 17.0 Å². The van der Waals surface area contributed by atoms with Crippen LogP contribution < -0.4 is 4.72 Å². The third-order valence-electron chi connectivity index (χ3n) is 4.15. The van der Waals surface area contributed by atoms with Gasteiger partial charge < -0.3 is 4.90 Å². The minimum atomic E-state index is -3.67. The molecular formula is C16H22N4O3S2. The van der Waals surface area contributed by atoms with Crippen molar-refractivity contribution >= 4 is 27.3 Å². The summed E-state index contributed by atoms with van der Waals surface area (Å²) < 4.78 is 28.2. The van der Waals surface area contributed by atoms with Crippen LogP contribution in [-0.4, -0.2) is 48.6 Å². The van der Waals surface area contributed by atoms with E-state index in [9.17, 15) is 13.2 Å². The Morgan fingerprint density at radius 2 is 2.16 bits per heavy atom. The highest BCUT2D eigenvalue weighted by Gasteiger charge is 2.33. The SMILES string of the molecule is CCCN1C[C@@H](NS(=O)(=O)c2cc(-c3cc(C)[nH]n3)sc2C)CC1=O. The Kier molecular flexibility index (Phi) is 4.99. The molecule has 0 aliphatic carbocycles. The van der Waals surface area contributed by atoms with E-state index in [1.54, 1.807) is 17.9 Å². The number of aryl methyl sites for hydroxylation is 2. The molecule has 0 bridgehead atoms. The Morgan fingerprint density at radius 3 is 2.80 bits per heavy atom. The number of aromatic amines is 1. The molecule has 2 N–H and O–H groups in total. The van der Waals surface area contributed by atoms with E-state index in [0.29, 0.717) is 18.0 Å². The second-order valence-corrected chi connectivity index (χ2v) is 9.27. The van der Waals surface area contributed by atoms with Crippen LogP contribution in [0.3, 0.4) is 0 Å². The third-order valence-corrected chi connectivity index (χ3v) is 7.00. The first kappa shape index (κ1) is 18.1. The number of amides is 1. The lowest BCUT2D eigenvalue weighted by atomic mass is 10.3. The molecule has 0 spiro atoms. The van der Waals surface area contributed by atoms with Gasteiger partial charge in [0.05, 0.1) is 9.77 Å². The minimum Gasteiger partial charge on any atom is -0.341 e. The molecular weight excluding hydrogens is 360 g/mol. The largest absolute Gasteiger partial charge is 0.341 e. The number of hydrogen-bond acceptors (Lipinski definition) is 5. The highest BCUT2D eigenvalue weighted by Crippen LogP contribution is 2.33. The fraction of sp³-hybridized carbons (Fsp3) is 0.500. The van der Waals surface area contributed by atoms with E-state index in [1.165, 1.54) is 11.3 Å². The van der Waals surface area contributed by atoms with E-state index < -0.39 is 10.0 Å². The van der Waals surface area contributed by atoms with E-state index in [0.717, 1.165) is 22.7 Å². The fourth-order valence-electron chi connectivity index (χ4n) is 3.02. The van der Waals surface area contributed by atoms with Crippen molar-refractivity contribution in [2.24, 2.45) is 0 Å². The quantitative estimate of drug-likeness (QED) is 0.799. The average Bonchev–Trinajstić information content (AvgIpc) is 3.20. The average molecular weight is 383 g/mol. The predicted octanol–water partition coefficient (Wildman–Crippen LogP) is 2.04. The Bertz CT molecular complexity index is 885. The normalized spacial score (nSPS) is 18.3. The summed E-state index contributed by atoms with van der Waals surface area (Å²) in [6, 6.07) is 3.16. The number of sulfonamides is 1. The molecule has 0 unspecified atom stereocenters. The summed E-state index contributed by atoms with van der Waals surface area (Å²) >= 11 is 1.40. The van der Waals surface area contributed by atoms with Crippen LogP contribution >= 0.6 is 11.3 Å². The third kappa shape index (κ3) is 3.78. The molecule has 7 nitrogen and oxygen atoms in total. The van der Waals surface area contributed by atoms with Gasteiger partial charge in [-0.25, -0.2) is 13.1 Å². The molecule has 1 aliphatic rings. The number of hydrogen-bond donors (Lipinski definition) is 2. The van der Waals surface area contributed by atoms with E-state index in [-0.39, 0.29) is 23.3 Å². The zero-order valence-electron chi connectivity index (χ0n) is 14.5. The van der Waals surface area contributed by atoms with Gasteiger partial charge in [-0.2, -0.15) is 5.10 Å². The number of rotatable bonds is 6. The zero-order chi connectivity index (χ0) is 18.2. The Balaban J connectivity index is 1.79. The predicted molar refractivity (Wildman–Crippen MR) is 97.0 cm³/mol. The molecule has 3 heterocycles. The van der Waals surface area contributed by atoms with E-state index in [2.05, 4.69) is 14.9 Å². The molecule has 2 aromatic rings. The molecule has 2 aromatic heterocycles. The topological polar surface area (TPSA) is 95.2 Å². The van der Waals surface area contributed by atoms with Gasteiger partial charge in [0.1, 0.15) is 5.69 Å². The summed E-state index contributed by atoms with van der Waals surface area (Å²) in [6.45, 7) is 6.77. The highest BCUT2D eigenvalue weighted by molar-refractivity contribution is 7.89. The van der Waals surface area contributed by atoms with Crippen LogP contribution in [0.25, 0.3) is 10.6 Å². The second kappa shape index (κ2) is 6.89. The molecule has 0 saturated carbocycles. The van der Waals surface area contributed by atoms with Gasteiger partial charge in [0.2, 0.25) is 15.9 Å². The number of carbonyl (C=O) groups excluding carboxylic acids is 1. The van der Waals surface area contributed by atoms with Gasteiger partial charge in [-0.1, -0.05) is 6.92 Å². The number of carbonyl (C=O) groups is 1. The number of H-pyrrole nitrogens is 1. The molecule has 136 valence electrons. The lowest BCUT2D eigenvalue weighted by molar-refractivity contribution is -0.127. The molecule has 1 fully saturated rings. The molecule has 1 atom stereocenters. The van der Waals surface area contributed by atoms with Gasteiger partial charge in [-0.15, -0.1) is 11.3 Å². The van der Waals surface area contributed by atoms with Crippen molar-refractivity contribution in [1.29, 1.82) is 0 Å². The van der Waals surface area contributed by atoms with Crippen molar-refractivity contribution < 1.29 is 13.2 Å². The molecule has 0 radical (unpaired) electrons. The first-order valence-corrected chi connectivity index (χ1v) is 10.5. The van der Waals surface area contributed by atoms with Crippen molar-refractivity contribution in [3.05, 3.63) is 22.7 Å². The van der Waals surface area contributed by atoms with Gasteiger partial charge in [0.15, 0.2) is 0 Å². The lowest BCUT2D eigenvalue weighted by Gasteiger charge is -2.16. The van der Waals surface area contributed by atoms with Crippen molar-refractivity contribution in [2.45, 2.75) is 44.6 Å². The first-order valence-electron chi connectivity index (χ1n) is 8.23. The maximum Gasteiger partial charge on any atom is 0.242 e. The summed E-state index contributed by atoms with van der Waals surface area (Å²) in [5.41, 5.74) is 1.65. The maximum atomic E-state index is 12.8. The van der Waals surface area contributed by atoms with Gasteiger partial charge in [-0.05, 0) is 32.4 Å². The highest BCUT2D eigenvalue weighted by atomic mass is 32.2. The summed E-state index contributed by atoms with van der Waals surface area (Å²) in [5.74, 6) is 0.00396. The van der Waals surface area contributed by atoms with Crippen LogP contribution in [0.2, 0.25) is 0 Å². The molecule has 0 aromatic carbocycles. The van der Waals surface area contributed by atoms with E-state index in [1.807, 2.05) is 19.9 Å². The monoisotopic (exact) mass is 382 g/mol. The van der Waals surface area contributed by atoms with Gasteiger partial charge in [-0.3, -0.25) is 9.89 Å². The van der Waals surface area contributed by atoms with Crippen LogP contribution in [0.4, 0.5) is 0 Å². The van der Waals surface area contributed by atoms with Crippen molar-refractivity contribution in [1.82, 2.24) is 19.8 Å².